The van der Waals surface area contributed by atoms with Crippen molar-refractivity contribution in [2.24, 2.45) is 0 Å². The van der Waals surface area contributed by atoms with E-state index in [1.54, 1.807) is 0 Å². The maximum absolute atomic E-state index is 12.9. The average molecular weight is 314 g/mol. The summed E-state index contributed by atoms with van der Waals surface area (Å²) in [5.41, 5.74) is 1.07. The van der Waals surface area contributed by atoms with Crippen LogP contribution in [0.15, 0.2) is 30.3 Å². The van der Waals surface area contributed by atoms with Gasteiger partial charge in [-0.25, -0.2) is 0 Å². The van der Waals surface area contributed by atoms with E-state index in [1.165, 1.54) is 7.11 Å². The molecule has 118 valence electrons. The number of hydrogen-bond donors (Lipinski definition) is 0. The molecular formula is C15H23O5P. The zero-order valence-electron chi connectivity index (χ0n) is 12.7. The highest BCUT2D eigenvalue weighted by molar-refractivity contribution is 7.59. The van der Waals surface area contributed by atoms with Gasteiger partial charge in [0.1, 0.15) is 0 Å². The minimum absolute atomic E-state index is 0.119. The maximum atomic E-state index is 12.9. The lowest BCUT2D eigenvalue weighted by Crippen LogP contribution is -2.19. The zero-order valence-corrected chi connectivity index (χ0v) is 13.6. The molecule has 1 heterocycles. The van der Waals surface area contributed by atoms with Crippen LogP contribution in [0.3, 0.4) is 0 Å². The zero-order chi connectivity index (χ0) is 15.3. The summed E-state index contributed by atoms with van der Waals surface area (Å²) in [6.45, 7) is 4.42. The van der Waals surface area contributed by atoms with Gasteiger partial charge < -0.3 is 18.7 Å². The molecule has 0 aliphatic carbocycles. The van der Waals surface area contributed by atoms with Crippen LogP contribution in [0.2, 0.25) is 0 Å². The summed E-state index contributed by atoms with van der Waals surface area (Å²) >= 11 is 0. The molecule has 3 atom stereocenters. The second kappa shape index (κ2) is 7.52. The van der Waals surface area contributed by atoms with Crippen molar-refractivity contribution in [2.45, 2.75) is 38.7 Å². The van der Waals surface area contributed by atoms with Crippen LogP contribution in [0.1, 0.15) is 19.4 Å². The largest absolute Gasteiger partial charge is 0.373 e. The standard InChI is InChI=1S/C15H23O5P/c1-12(2)20-21(16)11-14(17-3)19-15(21)10-18-9-13-7-5-4-6-8-13/h4-8,12,14-15H,9-11H2,1-3H3/t14?,15-,21?/m0/s1. The fourth-order valence-corrected chi connectivity index (χ4v) is 4.71. The first kappa shape index (κ1) is 16.7. The maximum Gasteiger partial charge on any atom is 0.238 e. The topological polar surface area (TPSA) is 54.0 Å². The van der Waals surface area contributed by atoms with Gasteiger partial charge >= 0.3 is 0 Å². The van der Waals surface area contributed by atoms with E-state index in [0.717, 1.165) is 5.56 Å². The van der Waals surface area contributed by atoms with Gasteiger partial charge in [-0.2, -0.15) is 0 Å². The predicted octanol–water partition coefficient (Wildman–Crippen LogP) is 3.24. The molecule has 1 aliphatic heterocycles. The van der Waals surface area contributed by atoms with E-state index in [-0.39, 0.29) is 18.9 Å². The van der Waals surface area contributed by atoms with E-state index in [9.17, 15) is 4.57 Å². The van der Waals surface area contributed by atoms with Gasteiger partial charge in [-0.1, -0.05) is 30.3 Å². The van der Waals surface area contributed by atoms with Crippen molar-refractivity contribution in [3.63, 3.8) is 0 Å². The van der Waals surface area contributed by atoms with Crippen LogP contribution in [0.25, 0.3) is 0 Å². The third-order valence-corrected chi connectivity index (χ3v) is 5.91. The molecule has 0 amide bonds. The predicted molar refractivity (Wildman–Crippen MR) is 80.5 cm³/mol. The SMILES string of the molecule is COC1CP(=O)(OC(C)C)[C@@H](COCc2ccccc2)O1. The first-order chi connectivity index (χ1) is 10.0. The third-order valence-electron chi connectivity index (χ3n) is 3.18. The van der Waals surface area contributed by atoms with Crippen LogP contribution in [-0.2, 0) is 29.9 Å². The lowest BCUT2D eigenvalue weighted by Gasteiger charge is -2.21. The van der Waals surface area contributed by atoms with Crippen LogP contribution in [0.4, 0.5) is 0 Å². The van der Waals surface area contributed by atoms with E-state index in [4.69, 9.17) is 18.7 Å². The molecule has 0 N–H and O–H groups in total. The first-order valence-electron chi connectivity index (χ1n) is 7.10. The van der Waals surface area contributed by atoms with Crippen molar-refractivity contribution in [3.05, 3.63) is 35.9 Å². The van der Waals surface area contributed by atoms with E-state index >= 15 is 0 Å². The molecule has 2 unspecified atom stereocenters. The van der Waals surface area contributed by atoms with Gasteiger partial charge in [0, 0.05) is 7.11 Å². The third kappa shape index (κ3) is 4.63. The van der Waals surface area contributed by atoms with Crippen molar-refractivity contribution >= 4 is 7.37 Å². The van der Waals surface area contributed by atoms with Crippen molar-refractivity contribution < 1.29 is 23.3 Å². The Kier molecular flexibility index (Phi) is 5.97. The normalized spacial score (nSPS) is 29.1. The van der Waals surface area contributed by atoms with Crippen LogP contribution in [0, 0.1) is 0 Å². The van der Waals surface area contributed by atoms with Gasteiger partial charge in [0.25, 0.3) is 0 Å². The Bertz CT molecular complexity index is 476. The summed E-state index contributed by atoms with van der Waals surface area (Å²) in [6.07, 6.45) is -0.326. The van der Waals surface area contributed by atoms with Gasteiger partial charge in [0.05, 0.1) is 25.5 Å². The molecule has 1 aliphatic rings. The quantitative estimate of drug-likeness (QED) is 0.723. The Labute approximate surface area is 126 Å². The Hall–Kier alpha value is -0.710. The molecule has 1 aromatic carbocycles. The molecule has 6 heteroatoms. The molecule has 0 bridgehead atoms. The molecule has 1 saturated heterocycles. The number of rotatable bonds is 7. The molecule has 0 radical (unpaired) electrons. The smallest absolute Gasteiger partial charge is 0.238 e. The van der Waals surface area contributed by atoms with Gasteiger partial charge in [-0.05, 0) is 19.4 Å². The number of benzene rings is 1. The van der Waals surface area contributed by atoms with Crippen LogP contribution >= 0.6 is 7.37 Å². The summed E-state index contributed by atoms with van der Waals surface area (Å²) < 4.78 is 34.9. The van der Waals surface area contributed by atoms with Crippen LogP contribution in [0.5, 0.6) is 0 Å². The van der Waals surface area contributed by atoms with Crippen LogP contribution < -0.4 is 0 Å². The summed E-state index contributed by atoms with van der Waals surface area (Å²) in [5.74, 6) is -0.562. The van der Waals surface area contributed by atoms with Gasteiger partial charge in [0.15, 0.2) is 12.1 Å². The molecule has 0 saturated carbocycles. The minimum Gasteiger partial charge on any atom is -0.373 e. The van der Waals surface area contributed by atoms with Crippen molar-refractivity contribution in [1.82, 2.24) is 0 Å². The van der Waals surface area contributed by atoms with Crippen molar-refractivity contribution in [1.29, 1.82) is 0 Å². The van der Waals surface area contributed by atoms with Gasteiger partial charge in [0.2, 0.25) is 7.37 Å². The Morgan fingerprint density at radius 2 is 2.05 bits per heavy atom. The summed E-state index contributed by atoms with van der Waals surface area (Å²) in [7, 11) is -1.36. The molecule has 5 nitrogen and oxygen atoms in total. The monoisotopic (exact) mass is 314 g/mol. The number of ether oxygens (including phenoxy) is 3. The highest BCUT2D eigenvalue weighted by Gasteiger charge is 2.46. The molecule has 21 heavy (non-hydrogen) atoms. The summed E-state index contributed by atoms with van der Waals surface area (Å²) in [4.78, 5) is 0. The second-order valence-corrected chi connectivity index (χ2v) is 7.92. The van der Waals surface area contributed by atoms with E-state index in [0.29, 0.717) is 6.61 Å². The Morgan fingerprint density at radius 1 is 1.33 bits per heavy atom. The molecule has 1 aromatic rings. The molecule has 1 fully saturated rings. The Morgan fingerprint density at radius 3 is 2.67 bits per heavy atom. The van der Waals surface area contributed by atoms with Crippen molar-refractivity contribution in [3.8, 4) is 0 Å². The fraction of sp³-hybridized carbons (Fsp3) is 0.600. The van der Waals surface area contributed by atoms with Gasteiger partial charge in [-0.3, -0.25) is 4.57 Å². The lowest BCUT2D eigenvalue weighted by atomic mass is 10.2. The van der Waals surface area contributed by atoms with Crippen molar-refractivity contribution in [2.75, 3.05) is 19.9 Å². The van der Waals surface area contributed by atoms with E-state index in [2.05, 4.69) is 0 Å². The highest BCUT2D eigenvalue weighted by Crippen LogP contribution is 2.58. The van der Waals surface area contributed by atoms with Gasteiger partial charge in [-0.15, -0.1) is 0 Å². The summed E-state index contributed by atoms with van der Waals surface area (Å²) in [5, 5.41) is 0. The molecule has 0 aromatic heterocycles. The number of hydrogen-bond acceptors (Lipinski definition) is 5. The molecule has 2 rings (SSSR count). The second-order valence-electron chi connectivity index (χ2n) is 5.32. The molecule has 0 spiro atoms. The highest BCUT2D eigenvalue weighted by atomic mass is 31.2. The first-order valence-corrected chi connectivity index (χ1v) is 8.98. The Balaban J connectivity index is 1.91. The lowest BCUT2D eigenvalue weighted by molar-refractivity contribution is -0.120. The number of methoxy groups -OCH3 is 1. The van der Waals surface area contributed by atoms with E-state index in [1.807, 2.05) is 44.2 Å². The average Bonchev–Trinajstić information content (AvgIpc) is 2.75. The molecular weight excluding hydrogens is 291 g/mol. The fourth-order valence-electron chi connectivity index (χ4n) is 2.24. The van der Waals surface area contributed by atoms with Crippen LogP contribution in [-0.4, -0.2) is 38.1 Å². The summed E-state index contributed by atoms with van der Waals surface area (Å²) in [6, 6.07) is 9.84. The van der Waals surface area contributed by atoms with E-state index < -0.39 is 19.5 Å². The minimum atomic E-state index is -2.90.